The van der Waals surface area contributed by atoms with Crippen molar-refractivity contribution in [3.8, 4) is 0 Å². The Morgan fingerprint density at radius 1 is 1.00 bits per heavy atom. The molecule has 0 bridgehead atoms. The van der Waals surface area contributed by atoms with E-state index in [1.54, 1.807) is 30.5 Å². The van der Waals surface area contributed by atoms with E-state index in [1.807, 2.05) is 35.2 Å². The predicted octanol–water partition coefficient (Wildman–Crippen LogP) is 4.87. The number of carbonyl (C=O) groups is 1. The molecule has 3 aromatic rings. The Hall–Kier alpha value is -2.53. The maximum absolute atomic E-state index is 13.1. The number of carbonyl (C=O) groups excluding carboxylic acids is 1. The topological polar surface area (TPSA) is 33.2 Å². The number of pyridine rings is 1. The fourth-order valence-electron chi connectivity index (χ4n) is 2.47. The van der Waals surface area contributed by atoms with Gasteiger partial charge in [-0.3, -0.25) is 4.79 Å². The molecule has 0 aliphatic heterocycles. The largest absolute Gasteiger partial charge is 0.345 e. The molecule has 0 saturated carbocycles. The number of benzene rings is 2. The van der Waals surface area contributed by atoms with Gasteiger partial charge in [0.1, 0.15) is 11.6 Å². The molecule has 5 heteroatoms. The van der Waals surface area contributed by atoms with Gasteiger partial charge in [0, 0.05) is 22.8 Å². The summed E-state index contributed by atoms with van der Waals surface area (Å²) in [7, 11) is 0. The quantitative estimate of drug-likeness (QED) is 0.555. The zero-order valence-corrected chi connectivity index (χ0v) is 15.0. The number of hydrogen-bond donors (Lipinski definition) is 0. The van der Waals surface area contributed by atoms with Crippen LogP contribution in [-0.4, -0.2) is 17.3 Å². The van der Waals surface area contributed by atoms with E-state index >= 15 is 0 Å². The Morgan fingerprint density at radius 2 is 1.72 bits per heavy atom. The molecule has 126 valence electrons. The first-order chi connectivity index (χ1) is 12.1. The van der Waals surface area contributed by atoms with Gasteiger partial charge in [-0.05, 0) is 42.0 Å². The minimum atomic E-state index is -0.279. The van der Waals surface area contributed by atoms with Gasteiger partial charge in [-0.25, -0.2) is 9.37 Å². The minimum Gasteiger partial charge on any atom is -0.345 e. The van der Waals surface area contributed by atoms with Crippen molar-refractivity contribution in [1.82, 2.24) is 4.98 Å². The zero-order chi connectivity index (χ0) is 17.6. The van der Waals surface area contributed by atoms with Crippen LogP contribution in [0.3, 0.4) is 0 Å². The van der Waals surface area contributed by atoms with E-state index in [2.05, 4.69) is 20.9 Å². The lowest BCUT2D eigenvalue weighted by atomic mass is 10.1. The van der Waals surface area contributed by atoms with Gasteiger partial charge in [0.05, 0.1) is 6.54 Å². The fraction of sp³-hybridized carbons (Fsp3) is 0.100. The average molecular weight is 399 g/mol. The number of rotatable bonds is 6. The predicted molar refractivity (Wildman–Crippen MR) is 100 cm³/mol. The van der Waals surface area contributed by atoms with Crippen molar-refractivity contribution in [3.63, 3.8) is 0 Å². The molecule has 0 saturated heterocycles. The normalized spacial score (nSPS) is 10.5. The second-order valence-corrected chi connectivity index (χ2v) is 6.52. The highest BCUT2D eigenvalue weighted by Gasteiger charge is 2.15. The Kier molecular flexibility index (Phi) is 5.56. The Bertz CT molecular complexity index is 836. The molecule has 2 aromatic carbocycles. The van der Waals surface area contributed by atoms with Crippen molar-refractivity contribution in [2.24, 2.45) is 0 Å². The van der Waals surface area contributed by atoms with Gasteiger partial charge < -0.3 is 4.90 Å². The van der Waals surface area contributed by atoms with E-state index in [9.17, 15) is 9.18 Å². The molecule has 0 amide bonds. The van der Waals surface area contributed by atoms with Gasteiger partial charge in [-0.1, -0.05) is 46.3 Å². The molecular formula is C20H16BrFN2O. The van der Waals surface area contributed by atoms with Crippen LogP contribution in [0.5, 0.6) is 0 Å². The molecule has 0 aliphatic carbocycles. The van der Waals surface area contributed by atoms with Gasteiger partial charge >= 0.3 is 0 Å². The van der Waals surface area contributed by atoms with E-state index in [-0.39, 0.29) is 18.1 Å². The van der Waals surface area contributed by atoms with E-state index in [1.165, 1.54) is 12.1 Å². The van der Waals surface area contributed by atoms with Crippen LogP contribution in [0.15, 0.2) is 77.4 Å². The first-order valence-corrected chi connectivity index (χ1v) is 8.60. The number of anilines is 1. The van der Waals surface area contributed by atoms with Crippen molar-refractivity contribution in [1.29, 1.82) is 0 Å². The molecule has 0 spiro atoms. The first-order valence-electron chi connectivity index (χ1n) is 7.81. The lowest BCUT2D eigenvalue weighted by Crippen LogP contribution is -2.30. The third kappa shape index (κ3) is 4.73. The van der Waals surface area contributed by atoms with Gasteiger partial charge in [0.2, 0.25) is 0 Å². The van der Waals surface area contributed by atoms with E-state index in [4.69, 9.17) is 0 Å². The Labute approximate surface area is 154 Å². The highest BCUT2D eigenvalue weighted by Crippen LogP contribution is 2.17. The van der Waals surface area contributed by atoms with Crippen molar-refractivity contribution in [2.45, 2.75) is 6.54 Å². The molecule has 0 fully saturated rings. The fourth-order valence-corrected chi connectivity index (χ4v) is 2.73. The van der Waals surface area contributed by atoms with Crippen LogP contribution in [0.2, 0.25) is 0 Å². The molecule has 1 aromatic heterocycles. The Morgan fingerprint density at radius 3 is 2.36 bits per heavy atom. The summed E-state index contributed by atoms with van der Waals surface area (Å²) in [5, 5.41) is 0. The number of nitrogens with zero attached hydrogens (tertiary/aromatic N) is 2. The van der Waals surface area contributed by atoms with E-state index in [0.29, 0.717) is 17.9 Å². The lowest BCUT2D eigenvalue weighted by molar-refractivity contribution is 0.0998. The molecule has 3 rings (SSSR count). The number of Topliss-reactive ketones (excluding diaryl/α,β-unsaturated/α-hetero) is 1. The lowest BCUT2D eigenvalue weighted by Gasteiger charge is -2.23. The molecule has 0 unspecified atom stereocenters. The zero-order valence-electron chi connectivity index (χ0n) is 13.4. The number of ketones is 1. The van der Waals surface area contributed by atoms with Crippen LogP contribution in [-0.2, 0) is 6.54 Å². The minimum absolute atomic E-state index is 0.000245. The number of hydrogen-bond acceptors (Lipinski definition) is 3. The average Bonchev–Trinajstić information content (AvgIpc) is 2.64. The third-order valence-electron chi connectivity index (χ3n) is 3.76. The van der Waals surface area contributed by atoms with Crippen LogP contribution in [0, 0.1) is 5.82 Å². The molecule has 0 radical (unpaired) electrons. The summed E-state index contributed by atoms with van der Waals surface area (Å²) in [6.07, 6.45) is 1.69. The standard InChI is InChI=1S/C20H16BrFN2O/c21-17-8-6-16(7-9-17)19(25)14-24(20-3-1-2-12-23-20)13-15-4-10-18(22)11-5-15/h1-12H,13-14H2. The second-order valence-electron chi connectivity index (χ2n) is 5.60. The second kappa shape index (κ2) is 8.03. The summed E-state index contributed by atoms with van der Waals surface area (Å²) in [6, 6.07) is 19.1. The van der Waals surface area contributed by atoms with Crippen LogP contribution in [0.25, 0.3) is 0 Å². The van der Waals surface area contributed by atoms with Crippen LogP contribution in [0.1, 0.15) is 15.9 Å². The third-order valence-corrected chi connectivity index (χ3v) is 4.29. The van der Waals surface area contributed by atoms with Crippen LogP contribution >= 0.6 is 15.9 Å². The molecule has 0 aliphatic rings. The summed E-state index contributed by atoms with van der Waals surface area (Å²) < 4.78 is 14.1. The first kappa shape index (κ1) is 17.3. The molecule has 0 N–H and O–H groups in total. The number of halogens is 2. The molecule has 0 atom stereocenters. The van der Waals surface area contributed by atoms with Crippen molar-refractivity contribution in [2.75, 3.05) is 11.4 Å². The summed E-state index contributed by atoms with van der Waals surface area (Å²) in [4.78, 5) is 18.9. The molecule has 1 heterocycles. The smallest absolute Gasteiger partial charge is 0.182 e. The van der Waals surface area contributed by atoms with Crippen LogP contribution in [0.4, 0.5) is 10.2 Å². The van der Waals surface area contributed by atoms with Gasteiger partial charge in [-0.2, -0.15) is 0 Å². The SMILES string of the molecule is O=C(CN(Cc1ccc(F)cc1)c1ccccn1)c1ccc(Br)cc1. The van der Waals surface area contributed by atoms with Gasteiger partial charge in [0.15, 0.2) is 5.78 Å². The summed E-state index contributed by atoms with van der Waals surface area (Å²) in [6.45, 7) is 0.662. The van der Waals surface area contributed by atoms with Crippen molar-refractivity contribution in [3.05, 3.63) is 94.3 Å². The maximum Gasteiger partial charge on any atom is 0.182 e. The van der Waals surface area contributed by atoms with Crippen molar-refractivity contribution < 1.29 is 9.18 Å². The highest BCUT2D eigenvalue weighted by molar-refractivity contribution is 9.10. The molecular weight excluding hydrogens is 383 g/mol. The maximum atomic E-state index is 13.1. The monoisotopic (exact) mass is 398 g/mol. The number of aromatic nitrogens is 1. The van der Waals surface area contributed by atoms with E-state index < -0.39 is 0 Å². The highest BCUT2D eigenvalue weighted by atomic mass is 79.9. The summed E-state index contributed by atoms with van der Waals surface area (Å²) in [5.74, 6) is 0.427. The molecule has 3 nitrogen and oxygen atoms in total. The van der Waals surface area contributed by atoms with Crippen molar-refractivity contribution >= 4 is 27.5 Å². The molecule has 25 heavy (non-hydrogen) atoms. The Balaban J connectivity index is 1.82. The van der Waals surface area contributed by atoms with E-state index in [0.717, 1.165) is 10.0 Å². The summed E-state index contributed by atoms with van der Waals surface area (Å²) >= 11 is 3.37. The van der Waals surface area contributed by atoms with Crippen LogP contribution < -0.4 is 4.90 Å². The summed E-state index contributed by atoms with van der Waals surface area (Å²) in [5.41, 5.74) is 1.55. The van der Waals surface area contributed by atoms with Gasteiger partial charge in [-0.15, -0.1) is 0 Å². The van der Waals surface area contributed by atoms with Gasteiger partial charge in [0.25, 0.3) is 0 Å².